The minimum atomic E-state index is -0.434. The molecule has 1 aliphatic rings. The Bertz CT molecular complexity index is 1380. The van der Waals surface area contributed by atoms with Gasteiger partial charge in [0, 0.05) is 67.3 Å². The number of hydrogen-bond acceptors (Lipinski definition) is 6. The Kier molecular flexibility index (Phi) is 6.17. The fourth-order valence-electron chi connectivity index (χ4n) is 4.79. The normalized spacial score (nSPS) is 14.4. The van der Waals surface area contributed by atoms with E-state index >= 15 is 4.39 Å². The number of aromatic nitrogens is 3. The summed E-state index contributed by atoms with van der Waals surface area (Å²) < 4.78 is 22.6. The van der Waals surface area contributed by atoms with E-state index in [4.69, 9.17) is 9.72 Å². The molecule has 0 radical (unpaired) electrons. The molecule has 35 heavy (non-hydrogen) atoms. The number of aliphatic hydroxyl groups is 1. The molecule has 8 heteroatoms. The Morgan fingerprint density at radius 2 is 1.91 bits per heavy atom. The second-order valence-corrected chi connectivity index (χ2v) is 9.26. The molecule has 0 bridgehead atoms. The summed E-state index contributed by atoms with van der Waals surface area (Å²) in [5.74, 6) is -0.310. The molecule has 5 rings (SSSR count). The molecule has 0 unspecified atom stereocenters. The summed E-state index contributed by atoms with van der Waals surface area (Å²) in [6.07, 6.45) is 5.67. The van der Waals surface area contributed by atoms with Crippen LogP contribution < -0.4 is 9.64 Å². The molecule has 1 N–H and O–H groups in total. The van der Waals surface area contributed by atoms with Crippen LogP contribution in [0.1, 0.15) is 25.0 Å². The summed E-state index contributed by atoms with van der Waals surface area (Å²) in [6, 6.07) is 9.74. The minimum absolute atomic E-state index is 0.124. The summed E-state index contributed by atoms with van der Waals surface area (Å²) in [6.45, 7) is 6.23. The first-order chi connectivity index (χ1) is 16.9. The zero-order valence-electron chi connectivity index (χ0n) is 20.5. The van der Waals surface area contributed by atoms with Crippen molar-refractivity contribution >= 4 is 22.3 Å². The van der Waals surface area contributed by atoms with Gasteiger partial charge in [-0.3, -0.25) is 14.6 Å². The lowest BCUT2D eigenvalue weighted by Gasteiger charge is -2.27. The highest BCUT2D eigenvalue weighted by atomic mass is 19.1. The number of halogens is 1. The Hall–Kier alpha value is -3.49. The first-order valence-electron chi connectivity index (χ1n) is 11.8. The number of ether oxygens (including phenoxy) is 1. The molecule has 0 saturated heterocycles. The number of anilines is 2. The zero-order valence-corrected chi connectivity index (χ0v) is 20.5. The number of pyridine rings is 1. The average Bonchev–Trinajstić information content (AvgIpc) is 3.19. The molecule has 2 aromatic carbocycles. The van der Waals surface area contributed by atoms with Crippen LogP contribution in [0, 0.1) is 5.82 Å². The molecule has 0 spiro atoms. The van der Waals surface area contributed by atoms with Gasteiger partial charge in [0.1, 0.15) is 0 Å². The molecule has 182 valence electrons. The number of nitrogens with zero attached hydrogens (tertiary/aromatic N) is 5. The van der Waals surface area contributed by atoms with Gasteiger partial charge in [0.05, 0.1) is 31.1 Å². The molecule has 1 aliphatic heterocycles. The van der Waals surface area contributed by atoms with Crippen molar-refractivity contribution in [2.75, 3.05) is 25.1 Å². The molecule has 4 aromatic rings. The maximum absolute atomic E-state index is 15.6. The predicted octanol–water partition coefficient (Wildman–Crippen LogP) is 4.64. The van der Waals surface area contributed by atoms with Crippen molar-refractivity contribution in [2.45, 2.75) is 33.0 Å². The molecule has 0 atom stereocenters. The molecule has 2 aromatic heterocycles. The zero-order chi connectivity index (χ0) is 24.7. The summed E-state index contributed by atoms with van der Waals surface area (Å²) in [5, 5.41) is 15.1. The van der Waals surface area contributed by atoms with Gasteiger partial charge in [-0.2, -0.15) is 5.10 Å². The fraction of sp³-hybridized carbons (Fsp3) is 0.333. The van der Waals surface area contributed by atoms with Crippen LogP contribution in [0.5, 0.6) is 5.75 Å². The van der Waals surface area contributed by atoms with Crippen molar-refractivity contribution in [1.29, 1.82) is 0 Å². The molecule has 0 amide bonds. The van der Waals surface area contributed by atoms with Crippen LogP contribution in [-0.2, 0) is 20.2 Å². The highest BCUT2D eigenvalue weighted by Crippen LogP contribution is 2.40. The first-order valence-corrected chi connectivity index (χ1v) is 11.8. The number of benzene rings is 2. The van der Waals surface area contributed by atoms with E-state index in [1.54, 1.807) is 16.8 Å². The molecule has 0 fully saturated rings. The van der Waals surface area contributed by atoms with E-state index in [0.29, 0.717) is 23.8 Å². The highest BCUT2D eigenvalue weighted by molar-refractivity contribution is 5.92. The Balaban J connectivity index is 1.73. The number of hydrogen-bond donors (Lipinski definition) is 1. The summed E-state index contributed by atoms with van der Waals surface area (Å²) >= 11 is 0. The van der Waals surface area contributed by atoms with E-state index < -0.39 is 5.82 Å². The monoisotopic (exact) mass is 475 g/mol. The van der Waals surface area contributed by atoms with Crippen LogP contribution in [0.25, 0.3) is 22.0 Å². The minimum Gasteiger partial charge on any atom is -0.494 e. The topological polar surface area (TPSA) is 66.7 Å². The maximum Gasteiger partial charge on any atom is 0.188 e. The van der Waals surface area contributed by atoms with Crippen LogP contribution in [0.15, 0.2) is 48.9 Å². The Morgan fingerprint density at radius 3 is 2.60 bits per heavy atom. The molecule has 0 saturated carbocycles. The van der Waals surface area contributed by atoms with Gasteiger partial charge in [-0.05, 0) is 55.3 Å². The van der Waals surface area contributed by atoms with Gasteiger partial charge in [-0.15, -0.1) is 0 Å². The van der Waals surface area contributed by atoms with Crippen LogP contribution in [0.2, 0.25) is 0 Å². The third-order valence-corrected chi connectivity index (χ3v) is 6.76. The van der Waals surface area contributed by atoms with Gasteiger partial charge in [-0.1, -0.05) is 0 Å². The van der Waals surface area contributed by atoms with E-state index in [0.717, 1.165) is 46.4 Å². The second kappa shape index (κ2) is 9.28. The number of rotatable bonds is 5. The quantitative estimate of drug-likeness (QED) is 0.454. The van der Waals surface area contributed by atoms with Crippen molar-refractivity contribution < 1.29 is 14.2 Å². The van der Waals surface area contributed by atoms with Crippen molar-refractivity contribution in [3.63, 3.8) is 0 Å². The maximum atomic E-state index is 15.6. The van der Waals surface area contributed by atoms with Gasteiger partial charge in [0.2, 0.25) is 0 Å². The Labute approximate surface area is 204 Å². The summed E-state index contributed by atoms with van der Waals surface area (Å²) in [5.41, 5.74) is 5.91. The largest absolute Gasteiger partial charge is 0.494 e. The highest BCUT2D eigenvalue weighted by Gasteiger charge is 2.27. The SMILES string of the molecule is COc1cc(CO)cc(N2CCN(C(C)C)Cc3c2ccc2ncc(-c4cnn(C)c4)cc32)c1F. The lowest BCUT2D eigenvalue weighted by atomic mass is 10.0. The van der Waals surface area contributed by atoms with Gasteiger partial charge in [-0.25, -0.2) is 4.39 Å². The van der Waals surface area contributed by atoms with Crippen LogP contribution in [-0.4, -0.2) is 51.0 Å². The third-order valence-electron chi connectivity index (χ3n) is 6.76. The third kappa shape index (κ3) is 4.24. The van der Waals surface area contributed by atoms with E-state index in [9.17, 15) is 5.11 Å². The first kappa shape index (κ1) is 23.3. The van der Waals surface area contributed by atoms with Crippen molar-refractivity contribution in [2.24, 2.45) is 7.05 Å². The van der Waals surface area contributed by atoms with Gasteiger partial charge < -0.3 is 14.7 Å². The van der Waals surface area contributed by atoms with Crippen LogP contribution >= 0.6 is 0 Å². The van der Waals surface area contributed by atoms with Crippen LogP contribution in [0.4, 0.5) is 15.8 Å². The second-order valence-electron chi connectivity index (χ2n) is 9.26. The molecule has 3 heterocycles. The van der Waals surface area contributed by atoms with Gasteiger partial charge >= 0.3 is 0 Å². The summed E-state index contributed by atoms with van der Waals surface area (Å²) in [7, 11) is 3.34. The molecular formula is C27H30FN5O2. The lowest BCUT2D eigenvalue weighted by molar-refractivity contribution is 0.224. The number of fused-ring (bicyclic) bond motifs is 3. The van der Waals surface area contributed by atoms with Crippen LogP contribution in [0.3, 0.4) is 0 Å². The van der Waals surface area contributed by atoms with Crippen molar-refractivity contribution in [1.82, 2.24) is 19.7 Å². The predicted molar refractivity (Wildman–Crippen MR) is 135 cm³/mol. The van der Waals surface area contributed by atoms with E-state index in [-0.39, 0.29) is 12.4 Å². The lowest BCUT2D eigenvalue weighted by Crippen LogP contribution is -2.34. The van der Waals surface area contributed by atoms with Crippen molar-refractivity contribution in [3.8, 4) is 16.9 Å². The summed E-state index contributed by atoms with van der Waals surface area (Å²) in [4.78, 5) is 9.14. The standard InChI is InChI=1S/C27H30FN5O2/c1-17(2)32-7-8-33(25-9-18(16-34)10-26(35-4)27(25)28)24-6-5-23-21(22(24)15-32)11-19(12-29-23)20-13-30-31(3)14-20/h5-6,9-14,17,34H,7-8,15-16H2,1-4H3. The van der Waals surface area contributed by atoms with E-state index in [1.165, 1.54) is 7.11 Å². The fourth-order valence-corrected chi connectivity index (χ4v) is 4.79. The molecular weight excluding hydrogens is 445 g/mol. The average molecular weight is 476 g/mol. The molecule has 0 aliphatic carbocycles. The Morgan fingerprint density at radius 1 is 1.09 bits per heavy atom. The van der Waals surface area contributed by atoms with E-state index in [1.807, 2.05) is 42.7 Å². The van der Waals surface area contributed by atoms with Crippen molar-refractivity contribution in [3.05, 3.63) is 65.9 Å². The van der Waals surface area contributed by atoms with E-state index in [2.05, 4.69) is 29.9 Å². The number of methoxy groups -OCH3 is 1. The number of aryl methyl sites for hydroxylation is 1. The van der Waals surface area contributed by atoms with Gasteiger partial charge in [0.25, 0.3) is 0 Å². The van der Waals surface area contributed by atoms with Gasteiger partial charge in [0.15, 0.2) is 11.6 Å². The smallest absolute Gasteiger partial charge is 0.188 e. The number of aliphatic hydroxyl groups excluding tert-OH is 1. The molecule has 7 nitrogen and oxygen atoms in total.